The number of ketones is 1. The number of Topliss-reactive ketones (excluding diaryl/α,β-unsaturated/α-hetero) is 1. The van der Waals surface area contributed by atoms with Gasteiger partial charge in [-0.25, -0.2) is 18.2 Å². The average Bonchev–Trinajstić information content (AvgIpc) is 2.61. The molecule has 2 heterocycles. The molecule has 0 N–H and O–H groups in total. The second-order valence-corrected chi connectivity index (χ2v) is 5.86. The first-order valence-electron chi connectivity index (χ1n) is 7.80. The summed E-state index contributed by atoms with van der Waals surface area (Å²) in [6.07, 6.45) is 0.793. The number of halogens is 3. The lowest BCUT2D eigenvalue weighted by Crippen LogP contribution is -2.37. The van der Waals surface area contributed by atoms with Crippen LogP contribution in [-0.4, -0.2) is 23.9 Å². The second kappa shape index (κ2) is 6.93. The largest absolute Gasteiger partial charge is 0.357 e. The van der Waals surface area contributed by atoms with Gasteiger partial charge in [-0.15, -0.1) is 0 Å². The van der Waals surface area contributed by atoms with Gasteiger partial charge in [-0.05, 0) is 25.0 Å². The van der Waals surface area contributed by atoms with Crippen LogP contribution in [0.15, 0.2) is 30.3 Å². The number of rotatable bonds is 3. The number of hydrogen-bond donors (Lipinski definition) is 0. The summed E-state index contributed by atoms with van der Waals surface area (Å²) in [6.45, 7) is 0.950. The maximum atomic E-state index is 13.8. The van der Waals surface area contributed by atoms with E-state index in [1.165, 1.54) is 0 Å². The zero-order valence-electron chi connectivity index (χ0n) is 13.2. The summed E-state index contributed by atoms with van der Waals surface area (Å²) >= 11 is 0. The Morgan fingerprint density at radius 3 is 2.40 bits per heavy atom. The SMILES string of the molecule is N#Cc1cccc(N2CCC(C(=O)c3c(F)cc(F)cc3F)CC2)n1. The Kier molecular flexibility index (Phi) is 4.70. The van der Waals surface area contributed by atoms with Crippen molar-refractivity contribution in [3.05, 3.63) is 59.0 Å². The van der Waals surface area contributed by atoms with E-state index in [4.69, 9.17) is 5.26 Å². The molecule has 1 aliphatic heterocycles. The molecule has 1 aromatic carbocycles. The molecule has 2 aromatic rings. The Morgan fingerprint density at radius 1 is 1.16 bits per heavy atom. The molecule has 0 aliphatic carbocycles. The third-order valence-corrected chi connectivity index (χ3v) is 4.29. The molecule has 0 saturated carbocycles. The summed E-state index contributed by atoms with van der Waals surface area (Å²) < 4.78 is 40.6. The Hall–Kier alpha value is -2.88. The number of aromatic nitrogens is 1. The van der Waals surface area contributed by atoms with Gasteiger partial charge in [-0.2, -0.15) is 5.26 Å². The van der Waals surface area contributed by atoms with Crippen LogP contribution >= 0.6 is 0 Å². The number of carbonyl (C=O) groups is 1. The molecule has 3 rings (SSSR count). The van der Waals surface area contributed by atoms with E-state index >= 15 is 0 Å². The van der Waals surface area contributed by atoms with E-state index in [-0.39, 0.29) is 0 Å². The lowest BCUT2D eigenvalue weighted by Gasteiger charge is -2.32. The molecule has 4 nitrogen and oxygen atoms in total. The fourth-order valence-electron chi connectivity index (χ4n) is 3.01. The van der Waals surface area contributed by atoms with Gasteiger partial charge < -0.3 is 4.90 Å². The molecule has 0 radical (unpaired) electrons. The minimum atomic E-state index is -1.17. The normalized spacial score (nSPS) is 15.0. The first kappa shape index (κ1) is 17.0. The summed E-state index contributed by atoms with van der Waals surface area (Å²) in [5.74, 6) is -3.95. The molecule has 1 aromatic heterocycles. The molecule has 0 spiro atoms. The van der Waals surface area contributed by atoms with Crippen molar-refractivity contribution in [1.29, 1.82) is 5.26 Å². The topological polar surface area (TPSA) is 57.0 Å². The highest BCUT2D eigenvalue weighted by Gasteiger charge is 2.30. The van der Waals surface area contributed by atoms with Crippen LogP contribution in [0.4, 0.5) is 19.0 Å². The van der Waals surface area contributed by atoms with E-state index in [0.29, 0.717) is 49.6 Å². The summed E-state index contributed by atoms with van der Waals surface area (Å²) in [6, 6.07) is 8.09. The highest BCUT2D eigenvalue weighted by molar-refractivity contribution is 5.98. The molecule has 128 valence electrons. The summed E-state index contributed by atoms with van der Waals surface area (Å²) in [5.41, 5.74) is -0.379. The quantitative estimate of drug-likeness (QED) is 0.800. The molecule has 1 aliphatic rings. The third-order valence-electron chi connectivity index (χ3n) is 4.29. The zero-order chi connectivity index (χ0) is 18.0. The van der Waals surface area contributed by atoms with Crippen molar-refractivity contribution in [3.63, 3.8) is 0 Å². The van der Waals surface area contributed by atoms with Crippen LogP contribution < -0.4 is 4.90 Å². The Balaban J connectivity index is 1.72. The number of carbonyl (C=O) groups excluding carboxylic acids is 1. The van der Waals surface area contributed by atoms with E-state index < -0.39 is 34.7 Å². The van der Waals surface area contributed by atoms with Gasteiger partial charge in [-0.3, -0.25) is 4.79 Å². The van der Waals surface area contributed by atoms with Crippen molar-refractivity contribution in [2.24, 2.45) is 5.92 Å². The molecule has 0 bridgehead atoms. The Bertz CT molecular complexity index is 832. The molecular weight excluding hydrogens is 331 g/mol. The van der Waals surface area contributed by atoms with Gasteiger partial charge in [0.2, 0.25) is 0 Å². The summed E-state index contributed by atoms with van der Waals surface area (Å²) in [7, 11) is 0. The van der Waals surface area contributed by atoms with Gasteiger partial charge in [0.1, 0.15) is 35.0 Å². The number of anilines is 1. The monoisotopic (exact) mass is 345 g/mol. The van der Waals surface area contributed by atoms with Crippen molar-refractivity contribution >= 4 is 11.6 Å². The highest BCUT2D eigenvalue weighted by atomic mass is 19.1. The van der Waals surface area contributed by atoms with Crippen molar-refractivity contribution in [2.75, 3.05) is 18.0 Å². The van der Waals surface area contributed by atoms with Crippen LogP contribution in [-0.2, 0) is 0 Å². The van der Waals surface area contributed by atoms with Crippen LogP contribution in [0.25, 0.3) is 0 Å². The van der Waals surface area contributed by atoms with Crippen molar-refractivity contribution in [3.8, 4) is 6.07 Å². The average molecular weight is 345 g/mol. The first-order chi connectivity index (χ1) is 12.0. The summed E-state index contributed by atoms with van der Waals surface area (Å²) in [4.78, 5) is 18.5. The fraction of sp³-hybridized carbons (Fsp3) is 0.278. The number of nitriles is 1. The third kappa shape index (κ3) is 3.48. The lowest BCUT2D eigenvalue weighted by molar-refractivity contribution is 0.0891. The van der Waals surface area contributed by atoms with E-state index in [1.807, 2.05) is 11.0 Å². The Morgan fingerprint density at radius 2 is 1.80 bits per heavy atom. The number of nitrogens with zero attached hydrogens (tertiary/aromatic N) is 3. The Labute approximate surface area is 142 Å². The predicted octanol–water partition coefficient (Wildman–Crippen LogP) is 3.47. The molecule has 1 fully saturated rings. The molecular formula is C18H14F3N3O. The maximum absolute atomic E-state index is 13.8. The van der Waals surface area contributed by atoms with Gasteiger partial charge in [0.25, 0.3) is 0 Å². The van der Waals surface area contributed by atoms with Crippen molar-refractivity contribution < 1.29 is 18.0 Å². The number of pyridine rings is 1. The molecule has 0 atom stereocenters. The van der Waals surface area contributed by atoms with E-state index in [1.54, 1.807) is 18.2 Å². The predicted molar refractivity (Wildman–Crippen MR) is 84.5 cm³/mol. The number of piperidine rings is 1. The summed E-state index contributed by atoms with van der Waals surface area (Å²) in [5, 5.41) is 8.90. The van der Waals surface area contributed by atoms with E-state index in [2.05, 4.69) is 4.98 Å². The van der Waals surface area contributed by atoms with Crippen LogP contribution in [0.5, 0.6) is 0 Å². The highest BCUT2D eigenvalue weighted by Crippen LogP contribution is 2.27. The molecule has 0 amide bonds. The van der Waals surface area contributed by atoms with Crippen molar-refractivity contribution in [2.45, 2.75) is 12.8 Å². The first-order valence-corrected chi connectivity index (χ1v) is 7.80. The van der Waals surface area contributed by atoms with Crippen LogP contribution in [0.1, 0.15) is 28.9 Å². The molecule has 1 saturated heterocycles. The van der Waals surface area contributed by atoms with E-state index in [0.717, 1.165) is 0 Å². The molecule has 25 heavy (non-hydrogen) atoms. The van der Waals surface area contributed by atoms with Crippen LogP contribution in [0, 0.1) is 34.7 Å². The van der Waals surface area contributed by atoms with Gasteiger partial charge >= 0.3 is 0 Å². The minimum absolute atomic E-state index is 0.297. The maximum Gasteiger partial charge on any atom is 0.171 e. The van der Waals surface area contributed by atoms with Crippen molar-refractivity contribution in [1.82, 2.24) is 4.98 Å². The molecule has 0 unspecified atom stereocenters. The lowest BCUT2D eigenvalue weighted by atomic mass is 9.88. The van der Waals surface area contributed by atoms with Gasteiger partial charge in [-0.1, -0.05) is 6.07 Å². The smallest absolute Gasteiger partial charge is 0.171 e. The van der Waals surface area contributed by atoms with Gasteiger partial charge in [0.15, 0.2) is 5.78 Å². The van der Waals surface area contributed by atoms with Gasteiger partial charge in [0.05, 0.1) is 5.56 Å². The number of hydrogen-bond acceptors (Lipinski definition) is 4. The van der Waals surface area contributed by atoms with Crippen LogP contribution in [0.3, 0.4) is 0 Å². The second-order valence-electron chi connectivity index (χ2n) is 5.86. The fourth-order valence-corrected chi connectivity index (χ4v) is 3.01. The standard InChI is InChI=1S/C18H14F3N3O/c19-12-8-14(20)17(15(21)9-12)18(25)11-4-6-24(7-5-11)16-3-1-2-13(10-22)23-16/h1-3,8-9,11H,4-7H2. The zero-order valence-corrected chi connectivity index (χ0v) is 13.2. The number of benzene rings is 1. The van der Waals surface area contributed by atoms with Crippen LogP contribution in [0.2, 0.25) is 0 Å². The van der Waals surface area contributed by atoms with E-state index in [9.17, 15) is 18.0 Å². The molecule has 7 heteroatoms. The minimum Gasteiger partial charge on any atom is -0.357 e. The van der Waals surface area contributed by atoms with Gasteiger partial charge in [0, 0.05) is 31.1 Å².